The Bertz CT molecular complexity index is 1830. The predicted molar refractivity (Wildman–Crippen MR) is 176 cm³/mol. The molecule has 1 atom stereocenters. The van der Waals surface area contributed by atoms with E-state index in [1.807, 2.05) is 66.3 Å². The number of aryl methyl sites for hydroxylation is 2. The lowest BCUT2D eigenvalue weighted by Gasteiger charge is -2.20. The maximum atomic E-state index is 13.7. The van der Waals surface area contributed by atoms with E-state index >= 15 is 0 Å². The summed E-state index contributed by atoms with van der Waals surface area (Å²) >= 11 is 6.69. The topological polar surface area (TPSA) is 110 Å². The van der Waals surface area contributed by atoms with Gasteiger partial charge in [-0.3, -0.25) is 14.3 Å². The minimum absolute atomic E-state index is 0.175. The molecule has 0 spiro atoms. The Balaban J connectivity index is 1.24. The van der Waals surface area contributed by atoms with Gasteiger partial charge < -0.3 is 20.1 Å². The number of pyridine rings is 1. The minimum Gasteiger partial charge on any atom is -0.359 e. The van der Waals surface area contributed by atoms with Crippen molar-refractivity contribution in [1.82, 2.24) is 29.6 Å². The van der Waals surface area contributed by atoms with E-state index in [9.17, 15) is 9.59 Å². The standard InChI is InChI=1S/C34H35ClN8O2/c1-41(20-22-4-5-22)32-18-25(12-14-37-32)24-8-11-28(35)26(16-24)17-29(40-34(45)30-13-15-38-43(30)3)33(44)39-27-9-6-23(7-10-27)31-19-36-21-42(31)2/h6-16,18-19,21-22,29H,4-5,17,20H2,1-3H3,(H,39,44)(H,40,45). The third kappa shape index (κ3) is 7.07. The molecule has 230 valence electrons. The molecule has 6 rings (SSSR count). The van der Waals surface area contributed by atoms with Gasteiger partial charge in [-0.25, -0.2) is 9.97 Å². The monoisotopic (exact) mass is 622 g/mol. The van der Waals surface area contributed by atoms with Crippen LogP contribution in [0.1, 0.15) is 28.9 Å². The first-order chi connectivity index (χ1) is 21.7. The number of anilines is 2. The van der Waals surface area contributed by atoms with Crippen LogP contribution in [0, 0.1) is 5.92 Å². The van der Waals surface area contributed by atoms with Crippen molar-refractivity contribution in [2.75, 3.05) is 23.8 Å². The molecule has 0 saturated heterocycles. The van der Waals surface area contributed by atoms with Crippen molar-refractivity contribution in [3.05, 3.63) is 102 Å². The van der Waals surface area contributed by atoms with E-state index in [-0.39, 0.29) is 12.3 Å². The number of benzene rings is 2. The molecular weight excluding hydrogens is 588 g/mol. The second-order valence-electron chi connectivity index (χ2n) is 11.6. The molecule has 1 aliphatic carbocycles. The van der Waals surface area contributed by atoms with Crippen molar-refractivity contribution in [2.24, 2.45) is 20.0 Å². The zero-order valence-electron chi connectivity index (χ0n) is 25.4. The molecule has 3 aromatic heterocycles. The largest absolute Gasteiger partial charge is 0.359 e. The molecule has 3 heterocycles. The van der Waals surface area contributed by atoms with Gasteiger partial charge in [-0.2, -0.15) is 5.10 Å². The Labute approximate surface area is 267 Å². The summed E-state index contributed by atoms with van der Waals surface area (Å²) < 4.78 is 3.39. The average molecular weight is 623 g/mol. The van der Waals surface area contributed by atoms with Crippen LogP contribution in [-0.4, -0.2) is 55.8 Å². The highest BCUT2D eigenvalue weighted by Crippen LogP contribution is 2.32. The van der Waals surface area contributed by atoms with Crippen LogP contribution in [0.2, 0.25) is 5.02 Å². The molecule has 1 saturated carbocycles. The quantitative estimate of drug-likeness (QED) is 0.205. The van der Waals surface area contributed by atoms with Crippen molar-refractivity contribution in [2.45, 2.75) is 25.3 Å². The predicted octanol–water partition coefficient (Wildman–Crippen LogP) is 5.36. The van der Waals surface area contributed by atoms with Crippen LogP contribution in [-0.2, 0) is 25.3 Å². The summed E-state index contributed by atoms with van der Waals surface area (Å²) in [5.74, 6) is 0.872. The second-order valence-corrected chi connectivity index (χ2v) is 12.0. The molecule has 2 amide bonds. The van der Waals surface area contributed by atoms with Gasteiger partial charge in [-0.1, -0.05) is 29.8 Å². The summed E-state index contributed by atoms with van der Waals surface area (Å²) in [5.41, 5.74) is 5.54. The highest BCUT2D eigenvalue weighted by molar-refractivity contribution is 6.31. The number of imidazole rings is 1. The van der Waals surface area contributed by atoms with Gasteiger partial charge in [0.2, 0.25) is 5.91 Å². The summed E-state index contributed by atoms with van der Waals surface area (Å²) in [6, 6.07) is 18.0. The zero-order chi connectivity index (χ0) is 31.5. The number of amides is 2. The van der Waals surface area contributed by atoms with Crippen LogP contribution < -0.4 is 15.5 Å². The molecule has 0 aliphatic heterocycles. The molecule has 2 aromatic carbocycles. The van der Waals surface area contributed by atoms with Gasteiger partial charge in [0.05, 0.1) is 18.2 Å². The second kappa shape index (κ2) is 13.0. The van der Waals surface area contributed by atoms with Crippen LogP contribution in [0.3, 0.4) is 0 Å². The highest BCUT2D eigenvalue weighted by Gasteiger charge is 2.26. The molecule has 2 N–H and O–H groups in total. The Kier molecular flexibility index (Phi) is 8.66. The number of hydrogen-bond acceptors (Lipinski definition) is 6. The SMILES string of the molecule is CN(CC1CC1)c1cc(-c2ccc(Cl)c(CC(NC(=O)c3ccnn3C)C(=O)Nc3ccc(-c4cncn4C)cc3)c2)ccn1. The van der Waals surface area contributed by atoms with E-state index < -0.39 is 11.9 Å². The zero-order valence-corrected chi connectivity index (χ0v) is 26.2. The lowest BCUT2D eigenvalue weighted by atomic mass is 9.99. The van der Waals surface area contributed by atoms with E-state index in [1.165, 1.54) is 17.5 Å². The minimum atomic E-state index is -0.922. The lowest BCUT2D eigenvalue weighted by molar-refractivity contribution is -0.118. The number of aromatic nitrogens is 5. The molecule has 11 heteroatoms. The number of nitrogens with one attached hydrogen (secondary N) is 2. The van der Waals surface area contributed by atoms with Crippen LogP contribution in [0.15, 0.2) is 85.6 Å². The number of carbonyl (C=O) groups is 2. The third-order valence-corrected chi connectivity index (χ3v) is 8.48. The van der Waals surface area contributed by atoms with Gasteiger partial charge in [0.1, 0.15) is 17.6 Å². The van der Waals surface area contributed by atoms with Crippen molar-refractivity contribution >= 4 is 34.9 Å². The van der Waals surface area contributed by atoms with Gasteiger partial charge in [-0.05, 0) is 83.5 Å². The van der Waals surface area contributed by atoms with Crippen molar-refractivity contribution in [1.29, 1.82) is 0 Å². The lowest BCUT2D eigenvalue weighted by Crippen LogP contribution is -2.45. The molecule has 0 bridgehead atoms. The number of halogens is 1. The van der Waals surface area contributed by atoms with E-state index in [0.29, 0.717) is 16.4 Å². The molecule has 0 radical (unpaired) electrons. The smallest absolute Gasteiger partial charge is 0.270 e. The van der Waals surface area contributed by atoms with E-state index in [1.54, 1.807) is 31.8 Å². The molecule has 1 unspecified atom stereocenters. The highest BCUT2D eigenvalue weighted by atomic mass is 35.5. The Morgan fingerprint density at radius 1 is 1.00 bits per heavy atom. The number of hydrogen-bond donors (Lipinski definition) is 2. The summed E-state index contributed by atoms with van der Waals surface area (Å²) in [6.45, 7) is 0.988. The van der Waals surface area contributed by atoms with Crippen molar-refractivity contribution in [3.63, 3.8) is 0 Å². The number of nitrogens with zero attached hydrogens (tertiary/aromatic N) is 6. The van der Waals surface area contributed by atoms with E-state index in [0.717, 1.165) is 46.2 Å². The van der Waals surface area contributed by atoms with Gasteiger partial charge in [0.25, 0.3) is 5.91 Å². The molecule has 10 nitrogen and oxygen atoms in total. The first-order valence-corrected chi connectivity index (χ1v) is 15.3. The van der Waals surface area contributed by atoms with Crippen molar-refractivity contribution < 1.29 is 9.59 Å². The van der Waals surface area contributed by atoms with Gasteiger partial charge in [0, 0.05) is 57.2 Å². The normalized spacial score (nSPS) is 13.3. The summed E-state index contributed by atoms with van der Waals surface area (Å²) in [4.78, 5) is 37.9. The van der Waals surface area contributed by atoms with E-state index in [4.69, 9.17) is 11.6 Å². The van der Waals surface area contributed by atoms with Gasteiger partial charge in [-0.15, -0.1) is 0 Å². The first-order valence-electron chi connectivity index (χ1n) is 14.9. The molecule has 1 aliphatic rings. The number of carbonyl (C=O) groups excluding carboxylic acids is 2. The molecular formula is C34H35ClN8O2. The van der Waals surface area contributed by atoms with Gasteiger partial charge >= 0.3 is 0 Å². The maximum absolute atomic E-state index is 13.7. The van der Waals surface area contributed by atoms with Crippen LogP contribution in [0.25, 0.3) is 22.4 Å². The molecule has 5 aromatic rings. The fourth-order valence-corrected chi connectivity index (χ4v) is 5.54. The van der Waals surface area contributed by atoms with E-state index in [2.05, 4.69) is 43.7 Å². The van der Waals surface area contributed by atoms with Crippen LogP contribution in [0.5, 0.6) is 0 Å². The number of rotatable bonds is 11. The first kappa shape index (κ1) is 30.1. The summed E-state index contributed by atoms with van der Waals surface area (Å²) in [5, 5.41) is 10.5. The maximum Gasteiger partial charge on any atom is 0.270 e. The Hall–Kier alpha value is -4.96. The fourth-order valence-electron chi connectivity index (χ4n) is 5.35. The van der Waals surface area contributed by atoms with Crippen molar-refractivity contribution in [3.8, 4) is 22.4 Å². The van der Waals surface area contributed by atoms with Crippen LogP contribution in [0.4, 0.5) is 11.5 Å². The summed E-state index contributed by atoms with van der Waals surface area (Å²) in [6.07, 6.45) is 9.59. The van der Waals surface area contributed by atoms with Gasteiger partial charge in [0.15, 0.2) is 0 Å². The summed E-state index contributed by atoms with van der Waals surface area (Å²) in [7, 11) is 5.67. The molecule has 45 heavy (non-hydrogen) atoms. The van der Waals surface area contributed by atoms with Crippen LogP contribution >= 0.6 is 11.6 Å². The Morgan fingerprint density at radius 2 is 1.76 bits per heavy atom. The Morgan fingerprint density at radius 3 is 2.44 bits per heavy atom. The molecule has 1 fully saturated rings. The average Bonchev–Trinajstić information content (AvgIpc) is 3.58. The fraction of sp³-hybridized carbons (Fsp3) is 0.265. The third-order valence-electron chi connectivity index (χ3n) is 8.11.